The van der Waals surface area contributed by atoms with Crippen LogP contribution < -0.4 is 14.9 Å². The van der Waals surface area contributed by atoms with E-state index in [2.05, 4.69) is 20.0 Å². The van der Waals surface area contributed by atoms with Crippen molar-refractivity contribution in [1.29, 1.82) is 0 Å². The summed E-state index contributed by atoms with van der Waals surface area (Å²) >= 11 is 0. The molecule has 29 heavy (non-hydrogen) atoms. The highest BCUT2D eigenvalue weighted by Gasteiger charge is 2.16. The molecule has 10 heteroatoms. The van der Waals surface area contributed by atoms with Crippen molar-refractivity contribution in [3.05, 3.63) is 72.1 Å². The zero-order valence-corrected chi connectivity index (χ0v) is 16.5. The van der Waals surface area contributed by atoms with Crippen molar-refractivity contribution in [3.63, 3.8) is 0 Å². The minimum Gasteiger partial charge on any atom is -0.366 e. The molecule has 152 valence electrons. The predicted molar refractivity (Wildman–Crippen MR) is 107 cm³/mol. The molecule has 0 amide bonds. The van der Waals surface area contributed by atoms with Crippen molar-refractivity contribution in [1.82, 2.24) is 9.97 Å². The fourth-order valence-electron chi connectivity index (χ4n) is 2.43. The van der Waals surface area contributed by atoms with E-state index in [1.165, 1.54) is 18.3 Å². The first-order valence-electron chi connectivity index (χ1n) is 8.55. The summed E-state index contributed by atoms with van der Waals surface area (Å²) < 4.78 is 53.2. The lowest BCUT2D eigenvalue weighted by molar-refractivity contribution is 0.509. The van der Waals surface area contributed by atoms with Crippen LogP contribution in [-0.4, -0.2) is 32.5 Å². The second-order valence-electron chi connectivity index (χ2n) is 6.38. The van der Waals surface area contributed by atoms with Gasteiger partial charge in [-0.2, -0.15) is 0 Å². The molecule has 0 radical (unpaired) electrons. The lowest BCUT2D eigenvalue weighted by atomic mass is 10.2. The van der Waals surface area contributed by atoms with E-state index < -0.39 is 21.7 Å². The van der Waals surface area contributed by atoms with Crippen LogP contribution in [0.2, 0.25) is 0 Å². The van der Waals surface area contributed by atoms with Crippen molar-refractivity contribution in [3.8, 4) is 0 Å². The quantitative estimate of drug-likeness (QED) is 0.611. The normalized spacial score (nSPS) is 11.2. The Morgan fingerprint density at radius 2 is 1.79 bits per heavy atom. The van der Waals surface area contributed by atoms with Crippen LogP contribution in [0.4, 0.5) is 26.1 Å². The van der Waals surface area contributed by atoms with Crippen molar-refractivity contribution in [2.45, 2.75) is 11.4 Å². The van der Waals surface area contributed by atoms with Gasteiger partial charge in [-0.15, -0.1) is 0 Å². The smallest absolute Gasteiger partial charge is 0.263 e. The molecular weight excluding hydrogens is 400 g/mol. The molecule has 0 aliphatic carbocycles. The molecule has 0 aliphatic heterocycles. The van der Waals surface area contributed by atoms with Gasteiger partial charge in [0.05, 0.1) is 5.69 Å². The molecule has 3 rings (SSSR count). The molecule has 0 aliphatic rings. The van der Waals surface area contributed by atoms with Crippen molar-refractivity contribution >= 4 is 27.3 Å². The number of hydrogen-bond donors (Lipinski definition) is 2. The molecule has 0 atom stereocenters. The average molecular weight is 419 g/mol. The number of rotatable bonds is 7. The molecule has 0 saturated heterocycles. The largest absolute Gasteiger partial charge is 0.366 e. The number of benzene rings is 1. The summed E-state index contributed by atoms with van der Waals surface area (Å²) in [6.07, 6.45) is 2.89. The maximum absolute atomic E-state index is 13.3. The molecule has 2 heterocycles. The predicted octanol–water partition coefficient (Wildman–Crippen LogP) is 3.23. The van der Waals surface area contributed by atoms with Crippen LogP contribution in [0.15, 0.2) is 59.8 Å². The monoisotopic (exact) mass is 419 g/mol. The van der Waals surface area contributed by atoms with Gasteiger partial charge in [0.1, 0.15) is 16.5 Å². The highest BCUT2D eigenvalue weighted by molar-refractivity contribution is 7.92. The molecule has 1 aromatic carbocycles. The van der Waals surface area contributed by atoms with E-state index in [0.717, 1.165) is 29.6 Å². The molecule has 7 nitrogen and oxygen atoms in total. The van der Waals surface area contributed by atoms with Crippen LogP contribution in [0.25, 0.3) is 0 Å². The minimum atomic E-state index is -3.99. The third-order valence-corrected chi connectivity index (χ3v) is 5.33. The maximum Gasteiger partial charge on any atom is 0.263 e. The molecule has 0 unspecified atom stereocenters. The molecule has 0 fully saturated rings. The summed E-state index contributed by atoms with van der Waals surface area (Å²) in [5, 5.41) is 3.11. The van der Waals surface area contributed by atoms with E-state index in [-0.39, 0.29) is 10.6 Å². The van der Waals surface area contributed by atoms with Crippen LogP contribution in [0.1, 0.15) is 5.56 Å². The Bertz CT molecular complexity index is 1110. The second-order valence-corrected chi connectivity index (χ2v) is 8.07. The van der Waals surface area contributed by atoms with Gasteiger partial charge in [-0.1, -0.05) is 0 Å². The number of aromatic nitrogens is 2. The highest BCUT2D eigenvalue weighted by atomic mass is 32.2. The number of sulfonamides is 1. The Morgan fingerprint density at radius 1 is 1.00 bits per heavy atom. The summed E-state index contributed by atoms with van der Waals surface area (Å²) in [4.78, 5) is 10.1. The lowest BCUT2D eigenvalue weighted by Crippen LogP contribution is -2.14. The number of pyridine rings is 2. The van der Waals surface area contributed by atoms with E-state index in [4.69, 9.17) is 0 Å². The summed E-state index contributed by atoms with van der Waals surface area (Å²) in [7, 11) is -0.190. The van der Waals surface area contributed by atoms with Gasteiger partial charge in [0, 0.05) is 39.1 Å². The van der Waals surface area contributed by atoms with E-state index in [0.29, 0.717) is 12.4 Å². The van der Waals surface area contributed by atoms with Gasteiger partial charge >= 0.3 is 0 Å². The number of anilines is 3. The van der Waals surface area contributed by atoms with E-state index in [1.807, 2.05) is 31.1 Å². The number of nitrogens with one attached hydrogen (secondary N) is 2. The molecule has 2 N–H and O–H groups in total. The fourth-order valence-corrected chi connectivity index (χ4v) is 3.42. The molecule has 0 bridgehead atoms. The average Bonchev–Trinajstić information content (AvgIpc) is 2.69. The number of nitrogens with zero attached hydrogens (tertiary/aromatic N) is 3. The van der Waals surface area contributed by atoms with Gasteiger partial charge < -0.3 is 10.2 Å². The summed E-state index contributed by atoms with van der Waals surface area (Å²) in [6, 6.07) is 9.44. The third kappa shape index (κ3) is 5.17. The minimum absolute atomic E-state index is 0.0829. The lowest BCUT2D eigenvalue weighted by Gasteiger charge is -2.13. The summed E-state index contributed by atoms with van der Waals surface area (Å²) in [6.45, 7) is 0.482. The zero-order valence-electron chi connectivity index (χ0n) is 15.7. The molecule has 0 saturated carbocycles. The third-order valence-electron chi connectivity index (χ3n) is 3.96. The van der Waals surface area contributed by atoms with Gasteiger partial charge in [-0.05, 0) is 42.0 Å². The van der Waals surface area contributed by atoms with E-state index >= 15 is 0 Å². The molecule has 3 aromatic rings. The SMILES string of the molecule is CN(C)c1cc(CNc2ccc(S(=O)(=O)Nc3ccc(F)c(F)c3)cn2)ccn1. The Hall–Kier alpha value is -3.27. The van der Waals surface area contributed by atoms with Crippen LogP contribution in [-0.2, 0) is 16.6 Å². The van der Waals surface area contributed by atoms with Crippen molar-refractivity contribution < 1.29 is 17.2 Å². The Kier molecular flexibility index (Phi) is 5.92. The second kappa shape index (κ2) is 8.39. The summed E-state index contributed by atoms with van der Waals surface area (Å²) in [5.74, 6) is -0.893. The first kappa shape index (κ1) is 20.5. The highest BCUT2D eigenvalue weighted by Crippen LogP contribution is 2.19. The van der Waals surface area contributed by atoms with Crippen molar-refractivity contribution in [2.75, 3.05) is 29.0 Å². The van der Waals surface area contributed by atoms with E-state index in [1.54, 1.807) is 6.20 Å². The number of halogens is 2. The van der Waals surface area contributed by atoms with Crippen LogP contribution >= 0.6 is 0 Å². The molecule has 2 aromatic heterocycles. The zero-order chi connectivity index (χ0) is 21.0. The Labute approximate surface area is 167 Å². The first-order chi connectivity index (χ1) is 13.7. The fraction of sp³-hybridized carbons (Fsp3) is 0.158. The van der Waals surface area contributed by atoms with Gasteiger partial charge in [0.2, 0.25) is 0 Å². The standard InChI is InChI=1S/C19H19F2N5O2S/c1-26(2)19-9-13(7-8-22-19)11-23-18-6-4-15(12-24-18)29(27,28)25-14-3-5-16(20)17(21)10-14/h3-10,12,25H,11H2,1-2H3,(H,23,24). The van der Waals surface area contributed by atoms with Gasteiger partial charge in [-0.3, -0.25) is 4.72 Å². The van der Waals surface area contributed by atoms with Crippen LogP contribution in [0, 0.1) is 11.6 Å². The van der Waals surface area contributed by atoms with Gasteiger partial charge in [0.25, 0.3) is 10.0 Å². The molecular formula is C19H19F2N5O2S. The molecule has 0 spiro atoms. The van der Waals surface area contributed by atoms with Gasteiger partial charge in [0.15, 0.2) is 11.6 Å². The first-order valence-corrected chi connectivity index (χ1v) is 10.0. The van der Waals surface area contributed by atoms with Gasteiger partial charge in [-0.25, -0.2) is 27.2 Å². The van der Waals surface area contributed by atoms with E-state index in [9.17, 15) is 17.2 Å². The summed E-state index contributed by atoms with van der Waals surface area (Å²) in [5.41, 5.74) is 0.905. The van der Waals surface area contributed by atoms with Crippen LogP contribution in [0.3, 0.4) is 0 Å². The topological polar surface area (TPSA) is 87.2 Å². The maximum atomic E-state index is 13.3. The van der Waals surface area contributed by atoms with Crippen molar-refractivity contribution in [2.24, 2.45) is 0 Å². The van der Waals surface area contributed by atoms with Crippen LogP contribution in [0.5, 0.6) is 0 Å². The Balaban J connectivity index is 1.67. The number of hydrogen-bond acceptors (Lipinski definition) is 6. The Morgan fingerprint density at radius 3 is 2.45 bits per heavy atom.